The van der Waals surface area contributed by atoms with Crippen LogP contribution in [0.15, 0.2) is 29.2 Å². The SMILES string of the molecule is Cc1ccc(SC(C#N)C2CCCCCC2)cc1. The Morgan fingerprint density at radius 2 is 1.72 bits per heavy atom. The molecular formula is C16H21NS. The standard InChI is InChI=1S/C16H21NS/c1-13-8-10-15(11-9-13)18-16(12-17)14-6-4-2-3-5-7-14/h8-11,14,16H,2-7H2,1H3. The highest BCUT2D eigenvalue weighted by Crippen LogP contribution is 2.35. The van der Waals surface area contributed by atoms with E-state index in [0.29, 0.717) is 5.92 Å². The van der Waals surface area contributed by atoms with Crippen LogP contribution in [0, 0.1) is 24.2 Å². The van der Waals surface area contributed by atoms with Gasteiger partial charge in [-0.1, -0.05) is 43.4 Å². The van der Waals surface area contributed by atoms with Crippen molar-refractivity contribution in [2.24, 2.45) is 5.92 Å². The van der Waals surface area contributed by atoms with Crippen LogP contribution in [0.1, 0.15) is 44.1 Å². The van der Waals surface area contributed by atoms with E-state index in [9.17, 15) is 5.26 Å². The molecule has 96 valence electrons. The first-order chi connectivity index (χ1) is 8.79. The van der Waals surface area contributed by atoms with E-state index >= 15 is 0 Å². The molecule has 1 saturated carbocycles. The van der Waals surface area contributed by atoms with E-state index in [1.807, 2.05) is 0 Å². The van der Waals surface area contributed by atoms with Crippen LogP contribution in [-0.4, -0.2) is 5.25 Å². The Kier molecular flexibility index (Phi) is 5.13. The van der Waals surface area contributed by atoms with E-state index in [2.05, 4.69) is 37.3 Å². The molecule has 0 saturated heterocycles. The van der Waals surface area contributed by atoms with Gasteiger partial charge >= 0.3 is 0 Å². The number of hydrogen-bond donors (Lipinski definition) is 0. The summed E-state index contributed by atoms with van der Waals surface area (Å²) in [5.41, 5.74) is 1.28. The molecule has 1 aromatic carbocycles. The highest BCUT2D eigenvalue weighted by atomic mass is 32.2. The topological polar surface area (TPSA) is 23.8 Å². The van der Waals surface area contributed by atoms with E-state index in [0.717, 1.165) is 0 Å². The lowest BCUT2D eigenvalue weighted by atomic mass is 9.97. The molecule has 0 aromatic heterocycles. The second-order valence-corrected chi connectivity index (χ2v) is 6.45. The quantitative estimate of drug-likeness (QED) is 0.566. The van der Waals surface area contributed by atoms with Crippen molar-refractivity contribution < 1.29 is 0 Å². The zero-order valence-electron chi connectivity index (χ0n) is 11.1. The van der Waals surface area contributed by atoms with Gasteiger partial charge in [-0.2, -0.15) is 5.26 Å². The summed E-state index contributed by atoms with van der Waals surface area (Å²) < 4.78 is 0. The number of rotatable bonds is 3. The summed E-state index contributed by atoms with van der Waals surface area (Å²) >= 11 is 1.75. The summed E-state index contributed by atoms with van der Waals surface area (Å²) in [4.78, 5) is 1.23. The molecule has 1 atom stereocenters. The first-order valence-electron chi connectivity index (χ1n) is 6.92. The highest BCUT2D eigenvalue weighted by molar-refractivity contribution is 8.00. The molecule has 18 heavy (non-hydrogen) atoms. The van der Waals surface area contributed by atoms with Crippen molar-refractivity contribution in [1.82, 2.24) is 0 Å². The summed E-state index contributed by atoms with van der Waals surface area (Å²) in [6.07, 6.45) is 7.77. The van der Waals surface area contributed by atoms with Gasteiger partial charge in [0.05, 0.1) is 11.3 Å². The van der Waals surface area contributed by atoms with E-state index in [4.69, 9.17) is 0 Å². The minimum absolute atomic E-state index is 0.130. The van der Waals surface area contributed by atoms with Crippen molar-refractivity contribution >= 4 is 11.8 Å². The van der Waals surface area contributed by atoms with E-state index in [1.54, 1.807) is 11.8 Å². The Labute approximate surface area is 115 Å². The van der Waals surface area contributed by atoms with Crippen LogP contribution in [0.2, 0.25) is 0 Å². The molecule has 0 N–H and O–H groups in total. The average Bonchev–Trinajstić information content (AvgIpc) is 2.67. The summed E-state index contributed by atoms with van der Waals surface area (Å²) in [6, 6.07) is 11.1. The largest absolute Gasteiger partial charge is 0.197 e. The lowest BCUT2D eigenvalue weighted by Crippen LogP contribution is -2.14. The number of thioether (sulfide) groups is 1. The Morgan fingerprint density at radius 1 is 1.11 bits per heavy atom. The lowest BCUT2D eigenvalue weighted by molar-refractivity contribution is 0.479. The van der Waals surface area contributed by atoms with E-state index < -0.39 is 0 Å². The van der Waals surface area contributed by atoms with Crippen LogP contribution in [0.25, 0.3) is 0 Å². The van der Waals surface area contributed by atoms with Gasteiger partial charge in [-0.3, -0.25) is 0 Å². The maximum absolute atomic E-state index is 9.42. The first kappa shape index (κ1) is 13.5. The predicted octanol–water partition coefficient (Wildman–Crippen LogP) is 4.95. The molecule has 0 bridgehead atoms. The molecule has 2 heteroatoms. The van der Waals surface area contributed by atoms with Crippen LogP contribution in [0.3, 0.4) is 0 Å². The number of hydrogen-bond acceptors (Lipinski definition) is 2. The molecule has 1 fully saturated rings. The van der Waals surface area contributed by atoms with Gasteiger partial charge in [0, 0.05) is 4.90 Å². The molecule has 0 radical (unpaired) electrons. The van der Waals surface area contributed by atoms with Gasteiger partial charge in [0.15, 0.2) is 0 Å². The molecular weight excluding hydrogens is 238 g/mol. The van der Waals surface area contributed by atoms with Gasteiger partial charge in [0.25, 0.3) is 0 Å². The van der Waals surface area contributed by atoms with Crippen molar-refractivity contribution in [3.63, 3.8) is 0 Å². The Balaban J connectivity index is 2.00. The van der Waals surface area contributed by atoms with Crippen molar-refractivity contribution in [3.05, 3.63) is 29.8 Å². The fourth-order valence-corrected chi connectivity index (χ4v) is 3.71. The Hall–Kier alpha value is -0.940. The van der Waals surface area contributed by atoms with Gasteiger partial charge in [0.1, 0.15) is 0 Å². The van der Waals surface area contributed by atoms with Crippen molar-refractivity contribution in [3.8, 4) is 6.07 Å². The van der Waals surface area contributed by atoms with Crippen molar-refractivity contribution in [1.29, 1.82) is 5.26 Å². The molecule has 1 unspecified atom stereocenters. The summed E-state index contributed by atoms with van der Waals surface area (Å²) in [5, 5.41) is 9.55. The highest BCUT2D eigenvalue weighted by Gasteiger charge is 2.23. The molecule has 2 rings (SSSR count). The molecule has 1 aliphatic rings. The molecule has 0 heterocycles. The predicted molar refractivity (Wildman–Crippen MR) is 77.6 cm³/mol. The van der Waals surface area contributed by atoms with Crippen LogP contribution < -0.4 is 0 Å². The van der Waals surface area contributed by atoms with Crippen LogP contribution in [0.5, 0.6) is 0 Å². The summed E-state index contributed by atoms with van der Waals surface area (Å²) in [5.74, 6) is 0.587. The number of nitrogens with zero attached hydrogens (tertiary/aromatic N) is 1. The van der Waals surface area contributed by atoms with Gasteiger partial charge in [-0.15, -0.1) is 11.8 Å². The number of benzene rings is 1. The van der Waals surface area contributed by atoms with Gasteiger partial charge in [0.2, 0.25) is 0 Å². The summed E-state index contributed by atoms with van der Waals surface area (Å²) in [7, 11) is 0. The molecule has 1 aliphatic carbocycles. The monoisotopic (exact) mass is 259 g/mol. The zero-order valence-corrected chi connectivity index (χ0v) is 11.9. The van der Waals surface area contributed by atoms with E-state index in [1.165, 1.54) is 49.0 Å². The second kappa shape index (κ2) is 6.85. The van der Waals surface area contributed by atoms with Crippen LogP contribution >= 0.6 is 11.8 Å². The van der Waals surface area contributed by atoms with Crippen molar-refractivity contribution in [2.75, 3.05) is 0 Å². The van der Waals surface area contributed by atoms with Crippen LogP contribution in [-0.2, 0) is 0 Å². The molecule has 1 aromatic rings. The third kappa shape index (κ3) is 3.78. The fourth-order valence-electron chi connectivity index (χ4n) is 2.61. The third-order valence-electron chi connectivity index (χ3n) is 3.74. The van der Waals surface area contributed by atoms with Gasteiger partial charge in [-0.05, 0) is 37.8 Å². The maximum atomic E-state index is 9.42. The Morgan fingerprint density at radius 3 is 2.28 bits per heavy atom. The molecule has 0 spiro atoms. The second-order valence-electron chi connectivity index (χ2n) is 5.23. The minimum atomic E-state index is 0.130. The minimum Gasteiger partial charge on any atom is -0.197 e. The van der Waals surface area contributed by atoms with E-state index in [-0.39, 0.29) is 5.25 Å². The Bertz CT molecular complexity index is 396. The third-order valence-corrected chi connectivity index (χ3v) is 5.03. The first-order valence-corrected chi connectivity index (χ1v) is 7.80. The molecule has 0 amide bonds. The summed E-state index contributed by atoms with van der Waals surface area (Å²) in [6.45, 7) is 2.10. The maximum Gasteiger partial charge on any atom is 0.0991 e. The normalized spacial score (nSPS) is 18.9. The van der Waals surface area contributed by atoms with Crippen molar-refractivity contribution in [2.45, 2.75) is 55.6 Å². The smallest absolute Gasteiger partial charge is 0.0991 e. The fraction of sp³-hybridized carbons (Fsp3) is 0.562. The number of aryl methyl sites for hydroxylation is 1. The number of nitriles is 1. The van der Waals surface area contributed by atoms with Gasteiger partial charge in [-0.25, -0.2) is 0 Å². The van der Waals surface area contributed by atoms with Crippen LogP contribution in [0.4, 0.5) is 0 Å². The average molecular weight is 259 g/mol. The lowest BCUT2D eigenvalue weighted by Gasteiger charge is -2.19. The molecule has 1 nitrogen and oxygen atoms in total. The zero-order chi connectivity index (χ0) is 12.8. The molecule has 0 aliphatic heterocycles. The van der Waals surface area contributed by atoms with Gasteiger partial charge < -0.3 is 0 Å².